The largest absolute Gasteiger partial charge is 0.342 e. The third-order valence-corrected chi connectivity index (χ3v) is 4.44. The number of fused-ring (bicyclic) bond motifs is 1. The zero-order valence-electron chi connectivity index (χ0n) is 11.1. The summed E-state index contributed by atoms with van der Waals surface area (Å²) in [4.78, 5) is 13.2. The molecule has 2 heterocycles. The van der Waals surface area contributed by atoms with E-state index in [-0.39, 0.29) is 5.91 Å². The molecule has 5 heteroatoms. The van der Waals surface area contributed by atoms with E-state index in [1.165, 1.54) is 27.8 Å². The number of nitrogen functional groups attached to an aromatic ring is 1. The van der Waals surface area contributed by atoms with Gasteiger partial charge in [-0.25, -0.2) is 5.84 Å². The predicted molar refractivity (Wildman–Crippen MR) is 81.7 cm³/mol. The van der Waals surface area contributed by atoms with Crippen molar-refractivity contribution in [1.82, 2.24) is 9.99 Å². The molecular weight excluding hydrogens is 270 g/mol. The van der Waals surface area contributed by atoms with Crippen LogP contribution in [-0.4, -0.2) is 10.5 Å². The van der Waals surface area contributed by atoms with Gasteiger partial charge in [-0.3, -0.25) is 10.2 Å². The molecule has 3 aromatic rings. The monoisotopic (exact) mass is 285 g/mol. The fourth-order valence-electron chi connectivity index (χ4n) is 2.34. The second-order valence-electron chi connectivity index (χ2n) is 4.69. The van der Waals surface area contributed by atoms with Crippen molar-refractivity contribution in [3.63, 3.8) is 0 Å². The molecule has 0 aliphatic rings. The first-order valence-corrected chi connectivity index (χ1v) is 7.15. The van der Waals surface area contributed by atoms with Gasteiger partial charge in [0.25, 0.3) is 5.91 Å². The number of amides is 1. The Bertz CT molecular complexity index is 772. The van der Waals surface area contributed by atoms with Gasteiger partial charge in [0.1, 0.15) is 0 Å². The van der Waals surface area contributed by atoms with E-state index in [0.717, 1.165) is 11.4 Å². The summed E-state index contributed by atoms with van der Waals surface area (Å²) >= 11 is 1.46. The molecule has 0 bridgehead atoms. The maximum atomic E-state index is 11.5. The van der Waals surface area contributed by atoms with Crippen LogP contribution in [0.2, 0.25) is 0 Å². The first-order valence-electron chi connectivity index (χ1n) is 6.33. The van der Waals surface area contributed by atoms with E-state index in [1.54, 1.807) is 6.07 Å². The number of benzene rings is 1. The molecule has 0 radical (unpaired) electrons. The quantitative estimate of drug-likeness (QED) is 0.441. The van der Waals surface area contributed by atoms with Crippen LogP contribution >= 0.6 is 11.3 Å². The number of hydrogen-bond donors (Lipinski definition) is 2. The second kappa shape index (κ2) is 5.11. The Morgan fingerprint density at radius 3 is 2.95 bits per heavy atom. The van der Waals surface area contributed by atoms with Gasteiger partial charge < -0.3 is 4.57 Å². The summed E-state index contributed by atoms with van der Waals surface area (Å²) in [5.74, 6) is 4.90. The molecule has 0 atom stereocenters. The average molecular weight is 285 g/mol. The molecule has 20 heavy (non-hydrogen) atoms. The van der Waals surface area contributed by atoms with Crippen molar-refractivity contribution >= 4 is 28.1 Å². The molecule has 0 spiro atoms. The fraction of sp³-hybridized carbons (Fsp3) is 0.133. The molecule has 0 fully saturated rings. The first-order chi connectivity index (χ1) is 9.69. The van der Waals surface area contributed by atoms with Crippen LogP contribution in [0.1, 0.15) is 20.1 Å². The van der Waals surface area contributed by atoms with Crippen LogP contribution in [0.25, 0.3) is 10.9 Å². The highest BCUT2D eigenvalue weighted by Crippen LogP contribution is 2.23. The Labute approximate surface area is 120 Å². The van der Waals surface area contributed by atoms with Crippen molar-refractivity contribution in [1.29, 1.82) is 0 Å². The minimum Gasteiger partial charge on any atom is -0.342 e. The van der Waals surface area contributed by atoms with Crippen LogP contribution in [0.4, 0.5) is 0 Å². The van der Waals surface area contributed by atoms with Gasteiger partial charge in [-0.15, -0.1) is 11.3 Å². The molecule has 0 saturated heterocycles. The van der Waals surface area contributed by atoms with Crippen LogP contribution in [-0.2, 0) is 6.54 Å². The average Bonchev–Trinajstić information content (AvgIpc) is 3.07. The lowest BCUT2D eigenvalue weighted by Gasteiger charge is -2.04. The molecule has 0 aliphatic carbocycles. The number of nitrogens with two attached hydrogens (primary N) is 1. The van der Waals surface area contributed by atoms with Crippen LogP contribution in [0.15, 0.2) is 42.6 Å². The van der Waals surface area contributed by atoms with E-state index in [4.69, 9.17) is 5.84 Å². The van der Waals surface area contributed by atoms with Gasteiger partial charge in [-0.1, -0.05) is 12.1 Å². The summed E-state index contributed by atoms with van der Waals surface area (Å²) in [7, 11) is 0. The summed E-state index contributed by atoms with van der Waals surface area (Å²) in [5, 5.41) is 1.27. The molecule has 2 aromatic heterocycles. The summed E-state index contributed by atoms with van der Waals surface area (Å²) in [5.41, 5.74) is 4.64. The Balaban J connectivity index is 1.92. The summed E-state index contributed by atoms with van der Waals surface area (Å²) in [6.45, 7) is 2.87. The molecule has 1 amide bonds. The highest BCUT2D eigenvalue weighted by atomic mass is 32.1. The van der Waals surface area contributed by atoms with Crippen LogP contribution in [0.5, 0.6) is 0 Å². The van der Waals surface area contributed by atoms with Gasteiger partial charge >= 0.3 is 0 Å². The SMILES string of the molecule is Cc1cccc2c1ccn2Cc1ccc(C(=O)NN)s1. The highest BCUT2D eigenvalue weighted by molar-refractivity contribution is 7.14. The standard InChI is InChI=1S/C15H15N3OS/c1-10-3-2-4-13-12(10)7-8-18(13)9-11-5-6-14(20-11)15(19)17-16/h2-8H,9,16H2,1H3,(H,17,19). The topological polar surface area (TPSA) is 60.0 Å². The Morgan fingerprint density at radius 2 is 2.15 bits per heavy atom. The van der Waals surface area contributed by atoms with Gasteiger partial charge in [-0.2, -0.15) is 0 Å². The van der Waals surface area contributed by atoms with Crippen LogP contribution < -0.4 is 11.3 Å². The summed E-state index contributed by atoms with van der Waals surface area (Å²) in [6.07, 6.45) is 2.08. The third-order valence-electron chi connectivity index (χ3n) is 3.37. The number of aromatic nitrogens is 1. The number of carbonyl (C=O) groups is 1. The molecule has 0 unspecified atom stereocenters. The number of hydrogen-bond acceptors (Lipinski definition) is 3. The molecule has 0 saturated carbocycles. The molecule has 3 N–H and O–H groups in total. The lowest BCUT2D eigenvalue weighted by molar-refractivity contribution is 0.0957. The van der Waals surface area contributed by atoms with Crippen molar-refractivity contribution in [2.45, 2.75) is 13.5 Å². The Kier molecular flexibility index (Phi) is 3.30. The molecule has 3 rings (SSSR count). The number of thiophene rings is 1. The number of carbonyl (C=O) groups excluding carboxylic acids is 1. The van der Waals surface area contributed by atoms with Gasteiger partial charge in [-0.05, 0) is 36.8 Å². The van der Waals surface area contributed by atoms with Gasteiger partial charge in [0.15, 0.2) is 0 Å². The number of rotatable bonds is 3. The fourth-order valence-corrected chi connectivity index (χ4v) is 3.25. The smallest absolute Gasteiger partial charge is 0.275 e. The molecule has 4 nitrogen and oxygen atoms in total. The number of aryl methyl sites for hydroxylation is 1. The lowest BCUT2D eigenvalue weighted by atomic mass is 10.1. The minimum absolute atomic E-state index is 0.241. The van der Waals surface area contributed by atoms with Gasteiger partial charge in [0.05, 0.1) is 11.4 Å². The Hall–Kier alpha value is -2.11. The van der Waals surface area contributed by atoms with E-state index in [0.29, 0.717) is 4.88 Å². The molecular formula is C15H15N3OS. The maximum Gasteiger partial charge on any atom is 0.275 e. The maximum absolute atomic E-state index is 11.5. The second-order valence-corrected chi connectivity index (χ2v) is 5.86. The van der Waals surface area contributed by atoms with E-state index in [9.17, 15) is 4.79 Å². The number of nitrogens with one attached hydrogen (secondary N) is 1. The van der Waals surface area contributed by atoms with Crippen LogP contribution in [0, 0.1) is 6.92 Å². The first kappa shape index (κ1) is 12.9. The summed E-state index contributed by atoms with van der Waals surface area (Å²) in [6, 6.07) is 12.2. The minimum atomic E-state index is -0.241. The van der Waals surface area contributed by atoms with Crippen molar-refractivity contribution in [2.75, 3.05) is 0 Å². The Morgan fingerprint density at radius 1 is 1.30 bits per heavy atom. The number of nitrogens with zero attached hydrogens (tertiary/aromatic N) is 1. The molecule has 0 aliphatic heterocycles. The predicted octanol–water partition coefficient (Wildman–Crippen LogP) is 2.66. The lowest BCUT2D eigenvalue weighted by Crippen LogP contribution is -2.29. The molecule has 102 valence electrons. The van der Waals surface area contributed by atoms with Gasteiger partial charge in [0, 0.05) is 22.0 Å². The van der Waals surface area contributed by atoms with Crippen molar-refractivity contribution in [3.05, 3.63) is 57.9 Å². The number of hydrazine groups is 1. The normalized spacial score (nSPS) is 10.9. The highest BCUT2D eigenvalue weighted by Gasteiger charge is 2.09. The van der Waals surface area contributed by atoms with E-state index in [2.05, 4.69) is 47.4 Å². The summed E-state index contributed by atoms with van der Waals surface area (Å²) < 4.78 is 2.19. The zero-order chi connectivity index (χ0) is 14.1. The van der Waals surface area contributed by atoms with E-state index >= 15 is 0 Å². The zero-order valence-corrected chi connectivity index (χ0v) is 11.9. The van der Waals surface area contributed by atoms with E-state index < -0.39 is 0 Å². The third kappa shape index (κ3) is 2.21. The van der Waals surface area contributed by atoms with Crippen molar-refractivity contribution < 1.29 is 4.79 Å². The van der Waals surface area contributed by atoms with E-state index in [1.807, 2.05) is 6.07 Å². The van der Waals surface area contributed by atoms with Crippen molar-refractivity contribution in [2.24, 2.45) is 5.84 Å². The van der Waals surface area contributed by atoms with Gasteiger partial charge in [0.2, 0.25) is 0 Å². The van der Waals surface area contributed by atoms with Crippen molar-refractivity contribution in [3.8, 4) is 0 Å². The van der Waals surface area contributed by atoms with Crippen LogP contribution in [0.3, 0.4) is 0 Å². The molecule has 1 aromatic carbocycles.